The average molecular weight is 207 g/mol. The van der Waals surface area contributed by atoms with Gasteiger partial charge < -0.3 is 10.6 Å². The van der Waals surface area contributed by atoms with Gasteiger partial charge in [-0.25, -0.2) is 0 Å². The fourth-order valence-electron chi connectivity index (χ4n) is 3.51. The van der Waals surface area contributed by atoms with Gasteiger partial charge >= 0.3 is 0 Å². The van der Waals surface area contributed by atoms with E-state index >= 15 is 0 Å². The molecule has 2 aliphatic carbocycles. The third-order valence-electron chi connectivity index (χ3n) is 4.31. The molecule has 3 rings (SSSR count). The van der Waals surface area contributed by atoms with Gasteiger partial charge in [0.05, 0.1) is 0 Å². The predicted molar refractivity (Wildman–Crippen MR) is 61.9 cm³/mol. The zero-order valence-electron chi connectivity index (χ0n) is 9.34. The Morgan fingerprint density at radius 1 is 1.33 bits per heavy atom. The van der Waals surface area contributed by atoms with Gasteiger partial charge in [0.1, 0.15) is 0 Å². The van der Waals surface area contributed by atoms with Crippen molar-refractivity contribution in [3.8, 4) is 0 Å². The van der Waals surface area contributed by atoms with Crippen molar-refractivity contribution in [1.29, 1.82) is 0 Å². The molecule has 0 aromatic rings. The maximum Gasteiger partial charge on any atom is 0.191 e. The fourth-order valence-corrected chi connectivity index (χ4v) is 3.51. The lowest BCUT2D eigenvalue weighted by molar-refractivity contribution is 0.331. The zero-order valence-corrected chi connectivity index (χ0v) is 9.34. The number of fused-ring (bicyclic) bond motifs is 2. The number of guanidine groups is 1. The molecule has 1 heterocycles. The van der Waals surface area contributed by atoms with Crippen molar-refractivity contribution in [1.82, 2.24) is 10.6 Å². The highest BCUT2D eigenvalue weighted by atomic mass is 15.2. The highest BCUT2D eigenvalue weighted by molar-refractivity contribution is 5.80. The maximum atomic E-state index is 4.45. The third kappa shape index (κ3) is 1.97. The summed E-state index contributed by atoms with van der Waals surface area (Å²) in [6.07, 6.45) is 7.13. The molecule has 0 spiro atoms. The van der Waals surface area contributed by atoms with Gasteiger partial charge in [-0.15, -0.1) is 0 Å². The maximum absolute atomic E-state index is 4.45. The quantitative estimate of drug-likeness (QED) is 0.717. The SMILES string of the molecule is C1CN=C(NCC2CC3CCC2C3)NC1. The molecule has 15 heavy (non-hydrogen) atoms. The van der Waals surface area contributed by atoms with Crippen LogP contribution in [-0.4, -0.2) is 25.6 Å². The molecule has 3 nitrogen and oxygen atoms in total. The second-order valence-electron chi connectivity index (χ2n) is 5.33. The van der Waals surface area contributed by atoms with Crippen LogP contribution in [0.4, 0.5) is 0 Å². The zero-order chi connectivity index (χ0) is 10.1. The molecule has 0 aromatic heterocycles. The number of nitrogens with one attached hydrogen (secondary N) is 2. The van der Waals surface area contributed by atoms with E-state index < -0.39 is 0 Å². The van der Waals surface area contributed by atoms with Crippen LogP contribution in [0.5, 0.6) is 0 Å². The van der Waals surface area contributed by atoms with Crippen LogP contribution in [0.15, 0.2) is 4.99 Å². The van der Waals surface area contributed by atoms with Crippen LogP contribution in [-0.2, 0) is 0 Å². The Morgan fingerprint density at radius 3 is 3.00 bits per heavy atom. The average Bonchev–Trinajstić information content (AvgIpc) is 2.89. The van der Waals surface area contributed by atoms with Gasteiger partial charge in [-0.1, -0.05) is 6.42 Å². The second kappa shape index (κ2) is 4.03. The molecular weight excluding hydrogens is 186 g/mol. The van der Waals surface area contributed by atoms with E-state index in [4.69, 9.17) is 0 Å². The van der Waals surface area contributed by atoms with Gasteiger partial charge in [0.25, 0.3) is 0 Å². The summed E-state index contributed by atoms with van der Waals surface area (Å²) in [5.74, 6) is 4.05. The molecule has 3 heteroatoms. The molecule has 3 atom stereocenters. The summed E-state index contributed by atoms with van der Waals surface area (Å²) in [6, 6.07) is 0. The molecule has 2 saturated carbocycles. The molecule has 2 bridgehead atoms. The van der Waals surface area contributed by atoms with Crippen molar-refractivity contribution >= 4 is 5.96 Å². The normalized spacial score (nSPS) is 38.7. The van der Waals surface area contributed by atoms with Crippen LogP contribution >= 0.6 is 0 Å². The number of rotatable bonds is 2. The molecule has 3 unspecified atom stereocenters. The van der Waals surface area contributed by atoms with Crippen molar-refractivity contribution in [2.75, 3.05) is 19.6 Å². The molecule has 2 fully saturated rings. The first kappa shape index (κ1) is 9.49. The van der Waals surface area contributed by atoms with Crippen molar-refractivity contribution in [3.63, 3.8) is 0 Å². The Labute approximate surface area is 91.7 Å². The van der Waals surface area contributed by atoms with E-state index in [1.54, 1.807) is 0 Å². The number of nitrogens with zero attached hydrogens (tertiary/aromatic N) is 1. The minimum absolute atomic E-state index is 0.926. The molecular formula is C12H21N3. The molecule has 0 radical (unpaired) electrons. The van der Waals surface area contributed by atoms with Crippen molar-refractivity contribution in [2.24, 2.45) is 22.7 Å². The van der Waals surface area contributed by atoms with Gasteiger partial charge in [0, 0.05) is 19.6 Å². The smallest absolute Gasteiger partial charge is 0.191 e. The lowest BCUT2D eigenvalue weighted by Crippen LogP contribution is -2.43. The lowest BCUT2D eigenvalue weighted by Gasteiger charge is -2.24. The molecule has 0 aromatic carbocycles. The van der Waals surface area contributed by atoms with Gasteiger partial charge in [0.15, 0.2) is 5.96 Å². The second-order valence-corrected chi connectivity index (χ2v) is 5.33. The lowest BCUT2D eigenvalue weighted by atomic mass is 9.89. The highest BCUT2D eigenvalue weighted by Gasteiger charge is 2.39. The first-order valence-corrected chi connectivity index (χ1v) is 6.44. The van der Waals surface area contributed by atoms with Crippen molar-refractivity contribution in [3.05, 3.63) is 0 Å². The van der Waals surface area contributed by atoms with Crippen LogP contribution < -0.4 is 10.6 Å². The van der Waals surface area contributed by atoms with E-state index in [9.17, 15) is 0 Å². The summed E-state index contributed by atoms with van der Waals surface area (Å²) in [5.41, 5.74) is 0. The Bertz CT molecular complexity index is 262. The molecule has 2 N–H and O–H groups in total. The van der Waals surface area contributed by atoms with Gasteiger partial charge in [0.2, 0.25) is 0 Å². The Kier molecular flexibility index (Phi) is 2.55. The monoisotopic (exact) mass is 207 g/mol. The molecule has 0 amide bonds. The number of aliphatic imine (C=N–C) groups is 1. The van der Waals surface area contributed by atoms with E-state index in [1.165, 1.54) is 32.1 Å². The predicted octanol–water partition coefficient (Wildman–Crippen LogP) is 1.36. The van der Waals surface area contributed by atoms with E-state index in [-0.39, 0.29) is 0 Å². The standard InChI is InChI=1S/C12H21N3/c1-4-13-12(14-5-1)15-8-11-7-9-2-3-10(11)6-9/h9-11H,1-8H2,(H2,13,14,15). The van der Waals surface area contributed by atoms with Crippen LogP contribution in [0.3, 0.4) is 0 Å². The first-order valence-electron chi connectivity index (χ1n) is 6.44. The van der Waals surface area contributed by atoms with E-state index in [0.29, 0.717) is 0 Å². The largest absolute Gasteiger partial charge is 0.356 e. The molecule has 3 aliphatic rings. The number of hydrogen-bond donors (Lipinski definition) is 2. The van der Waals surface area contributed by atoms with Gasteiger partial charge in [-0.3, -0.25) is 4.99 Å². The van der Waals surface area contributed by atoms with E-state index in [0.717, 1.165) is 43.3 Å². The minimum Gasteiger partial charge on any atom is -0.356 e. The molecule has 84 valence electrons. The third-order valence-corrected chi connectivity index (χ3v) is 4.31. The summed E-state index contributed by atoms with van der Waals surface area (Å²) in [7, 11) is 0. The molecule has 0 saturated heterocycles. The Hall–Kier alpha value is -0.730. The molecule has 1 aliphatic heterocycles. The summed E-state index contributed by atoms with van der Waals surface area (Å²) < 4.78 is 0. The topological polar surface area (TPSA) is 36.4 Å². The summed E-state index contributed by atoms with van der Waals surface area (Å²) in [5, 5.41) is 6.81. The number of hydrogen-bond acceptors (Lipinski definition) is 3. The van der Waals surface area contributed by atoms with Crippen molar-refractivity contribution in [2.45, 2.75) is 32.1 Å². The highest BCUT2D eigenvalue weighted by Crippen LogP contribution is 2.47. The van der Waals surface area contributed by atoms with E-state index in [1.807, 2.05) is 0 Å². The van der Waals surface area contributed by atoms with Crippen LogP contribution in [0.25, 0.3) is 0 Å². The van der Waals surface area contributed by atoms with Crippen LogP contribution in [0, 0.1) is 17.8 Å². The van der Waals surface area contributed by atoms with E-state index in [2.05, 4.69) is 15.6 Å². The summed E-state index contributed by atoms with van der Waals surface area (Å²) in [4.78, 5) is 4.45. The Balaban J connectivity index is 1.48. The Morgan fingerprint density at radius 2 is 2.33 bits per heavy atom. The van der Waals surface area contributed by atoms with Gasteiger partial charge in [-0.05, 0) is 43.4 Å². The first-order chi connectivity index (χ1) is 7.42. The van der Waals surface area contributed by atoms with Crippen LogP contribution in [0.2, 0.25) is 0 Å². The van der Waals surface area contributed by atoms with Crippen LogP contribution in [0.1, 0.15) is 32.1 Å². The van der Waals surface area contributed by atoms with Crippen molar-refractivity contribution < 1.29 is 0 Å². The summed E-state index contributed by atoms with van der Waals surface area (Å²) >= 11 is 0. The summed E-state index contributed by atoms with van der Waals surface area (Å²) in [6.45, 7) is 3.22. The fraction of sp³-hybridized carbons (Fsp3) is 0.917. The minimum atomic E-state index is 0.926. The van der Waals surface area contributed by atoms with Gasteiger partial charge in [-0.2, -0.15) is 0 Å².